The van der Waals surface area contributed by atoms with Crippen LogP contribution < -0.4 is 5.32 Å². The van der Waals surface area contributed by atoms with Crippen LogP contribution in [0.3, 0.4) is 0 Å². The predicted octanol–water partition coefficient (Wildman–Crippen LogP) is 7.09. The number of carbonyl (C=O) groups excluding carboxylic acids is 1. The van der Waals surface area contributed by atoms with Crippen LogP contribution in [-0.2, 0) is 12.3 Å². The number of thioether (sulfide) groups is 1. The van der Waals surface area contributed by atoms with Gasteiger partial charge in [0.25, 0.3) is 5.91 Å². The van der Waals surface area contributed by atoms with Crippen molar-refractivity contribution in [1.82, 2.24) is 20.1 Å². The molecule has 5 rings (SSSR count). The molecule has 0 saturated heterocycles. The molecule has 1 amide bonds. The summed E-state index contributed by atoms with van der Waals surface area (Å²) in [6.07, 6.45) is 0. The molecule has 1 aromatic heterocycles. The van der Waals surface area contributed by atoms with E-state index in [1.54, 1.807) is 41.0 Å². The molecule has 1 N–H and O–H groups in total. The zero-order valence-corrected chi connectivity index (χ0v) is 21.1. The summed E-state index contributed by atoms with van der Waals surface area (Å²) < 4.78 is 15.1. The van der Waals surface area contributed by atoms with Crippen molar-refractivity contribution in [3.8, 4) is 5.69 Å². The van der Waals surface area contributed by atoms with E-state index >= 15 is 0 Å². The van der Waals surface area contributed by atoms with Crippen LogP contribution in [0, 0.1) is 5.82 Å². The second-order valence-corrected chi connectivity index (χ2v) is 9.74. The molecule has 1 heterocycles. The Kier molecular flexibility index (Phi) is 7.23. The summed E-state index contributed by atoms with van der Waals surface area (Å²) in [6, 6.07) is 24.8. The summed E-state index contributed by atoms with van der Waals surface area (Å²) in [5, 5.41) is 15.0. The number of amides is 1. The van der Waals surface area contributed by atoms with Crippen molar-refractivity contribution in [3.05, 3.63) is 118 Å². The maximum atomic E-state index is 13.3. The van der Waals surface area contributed by atoms with Crippen LogP contribution in [-0.4, -0.2) is 20.7 Å². The lowest BCUT2D eigenvalue weighted by molar-refractivity contribution is 0.0951. The largest absolute Gasteiger partial charge is 0.345 e. The van der Waals surface area contributed by atoms with Crippen LogP contribution in [0.1, 0.15) is 21.7 Å². The van der Waals surface area contributed by atoms with E-state index in [0.29, 0.717) is 38.0 Å². The molecule has 0 fully saturated rings. The number of nitrogens with one attached hydrogen (secondary N) is 1. The number of benzene rings is 4. The number of rotatable bonds is 7. The Morgan fingerprint density at radius 3 is 2.53 bits per heavy atom. The third-order valence-electron chi connectivity index (χ3n) is 5.57. The van der Waals surface area contributed by atoms with Gasteiger partial charge >= 0.3 is 0 Å². The highest BCUT2D eigenvalue weighted by atomic mass is 35.5. The molecule has 5 nitrogen and oxygen atoms in total. The van der Waals surface area contributed by atoms with Crippen LogP contribution in [0.25, 0.3) is 16.5 Å². The van der Waals surface area contributed by atoms with Crippen molar-refractivity contribution >= 4 is 51.6 Å². The lowest BCUT2D eigenvalue weighted by atomic mass is 10.0. The van der Waals surface area contributed by atoms with E-state index in [-0.39, 0.29) is 18.3 Å². The van der Waals surface area contributed by atoms with Crippen LogP contribution in [0.4, 0.5) is 4.39 Å². The van der Waals surface area contributed by atoms with Crippen molar-refractivity contribution in [1.29, 1.82) is 0 Å². The van der Waals surface area contributed by atoms with Gasteiger partial charge in [0, 0.05) is 16.3 Å². The Balaban J connectivity index is 1.43. The molecular weight excluding hydrogens is 518 g/mol. The molecule has 4 aromatic carbocycles. The van der Waals surface area contributed by atoms with Gasteiger partial charge in [0.2, 0.25) is 0 Å². The minimum absolute atomic E-state index is 0.130. The summed E-state index contributed by atoms with van der Waals surface area (Å²) >= 11 is 14.1. The molecule has 0 saturated carbocycles. The molecule has 180 valence electrons. The van der Waals surface area contributed by atoms with E-state index in [9.17, 15) is 9.18 Å². The van der Waals surface area contributed by atoms with Gasteiger partial charge in [0.1, 0.15) is 5.82 Å². The van der Waals surface area contributed by atoms with Crippen molar-refractivity contribution in [2.24, 2.45) is 0 Å². The maximum absolute atomic E-state index is 13.3. The zero-order valence-electron chi connectivity index (χ0n) is 18.8. The lowest BCUT2D eigenvalue weighted by Crippen LogP contribution is -2.25. The predicted molar refractivity (Wildman–Crippen MR) is 142 cm³/mol. The van der Waals surface area contributed by atoms with Crippen LogP contribution >= 0.6 is 35.0 Å². The van der Waals surface area contributed by atoms with Crippen LogP contribution in [0.2, 0.25) is 10.0 Å². The molecule has 0 radical (unpaired) electrons. The summed E-state index contributed by atoms with van der Waals surface area (Å²) in [5.74, 6) is 0.550. The molecular formula is C27H19Cl2FN4OS. The number of aromatic nitrogens is 3. The van der Waals surface area contributed by atoms with Gasteiger partial charge in [-0.3, -0.25) is 9.36 Å². The third-order valence-corrected chi connectivity index (χ3v) is 7.11. The van der Waals surface area contributed by atoms with E-state index in [1.165, 1.54) is 23.9 Å². The molecule has 0 aliphatic carbocycles. The van der Waals surface area contributed by atoms with Crippen molar-refractivity contribution in [2.75, 3.05) is 0 Å². The Hall–Kier alpha value is -3.39. The van der Waals surface area contributed by atoms with E-state index in [1.807, 2.05) is 36.4 Å². The molecule has 0 atom stereocenters. The molecule has 9 heteroatoms. The summed E-state index contributed by atoms with van der Waals surface area (Å²) in [6.45, 7) is 0.130. The lowest BCUT2D eigenvalue weighted by Gasteiger charge is -2.13. The first-order valence-electron chi connectivity index (χ1n) is 11.0. The molecule has 0 spiro atoms. The molecule has 0 aliphatic rings. The van der Waals surface area contributed by atoms with Crippen LogP contribution in [0.15, 0.2) is 90.1 Å². The first-order valence-corrected chi connectivity index (χ1v) is 12.8. The quantitative estimate of drug-likeness (QED) is 0.225. The smallest absolute Gasteiger partial charge is 0.252 e. The molecule has 0 aliphatic heterocycles. The standard InChI is InChI=1S/C27H19Cl2FN4OS/c28-19-10-13-24(23(29)14-19)34-25(32-33-27(34)36-16-17-8-11-20(30)12-9-17)15-31-26(35)22-7-3-5-18-4-1-2-6-21(18)22/h1-14H,15-16H2,(H,31,35). The highest BCUT2D eigenvalue weighted by Crippen LogP contribution is 2.31. The SMILES string of the molecule is O=C(NCc1nnc(SCc2ccc(F)cc2)n1-c1ccc(Cl)cc1Cl)c1cccc2ccccc12. The average molecular weight is 537 g/mol. The fraction of sp³-hybridized carbons (Fsp3) is 0.0741. The normalized spacial score (nSPS) is 11.1. The first-order chi connectivity index (χ1) is 17.5. The third kappa shape index (κ3) is 5.23. The van der Waals surface area contributed by atoms with Gasteiger partial charge < -0.3 is 5.32 Å². The van der Waals surface area contributed by atoms with E-state index in [0.717, 1.165) is 16.3 Å². The van der Waals surface area contributed by atoms with Crippen molar-refractivity contribution in [2.45, 2.75) is 17.5 Å². The number of hydrogen-bond donors (Lipinski definition) is 1. The number of halogens is 3. The summed E-state index contributed by atoms with van der Waals surface area (Å²) in [7, 11) is 0. The van der Waals surface area contributed by atoms with Gasteiger partial charge in [-0.25, -0.2) is 4.39 Å². The first kappa shape index (κ1) is 24.3. The van der Waals surface area contributed by atoms with Gasteiger partial charge in [0.15, 0.2) is 11.0 Å². The highest BCUT2D eigenvalue weighted by Gasteiger charge is 2.19. The molecule has 36 heavy (non-hydrogen) atoms. The monoisotopic (exact) mass is 536 g/mol. The van der Waals surface area contributed by atoms with Crippen molar-refractivity contribution in [3.63, 3.8) is 0 Å². The fourth-order valence-electron chi connectivity index (χ4n) is 3.82. The van der Waals surface area contributed by atoms with Gasteiger partial charge in [-0.2, -0.15) is 0 Å². The summed E-state index contributed by atoms with van der Waals surface area (Å²) in [4.78, 5) is 13.1. The van der Waals surface area contributed by atoms with Gasteiger partial charge in [0.05, 0.1) is 17.3 Å². The Morgan fingerprint density at radius 1 is 0.944 bits per heavy atom. The zero-order chi connectivity index (χ0) is 25.1. The number of carbonyl (C=O) groups is 1. The average Bonchev–Trinajstić information content (AvgIpc) is 3.29. The maximum Gasteiger partial charge on any atom is 0.252 e. The minimum Gasteiger partial charge on any atom is -0.345 e. The van der Waals surface area contributed by atoms with Gasteiger partial charge in [-0.1, -0.05) is 83.5 Å². The molecule has 0 unspecified atom stereocenters. The van der Waals surface area contributed by atoms with E-state index in [4.69, 9.17) is 23.2 Å². The Morgan fingerprint density at radius 2 is 1.72 bits per heavy atom. The second kappa shape index (κ2) is 10.7. The van der Waals surface area contributed by atoms with Gasteiger partial charge in [-0.15, -0.1) is 10.2 Å². The number of nitrogens with zero attached hydrogens (tertiary/aromatic N) is 3. The van der Waals surface area contributed by atoms with Crippen molar-refractivity contribution < 1.29 is 9.18 Å². The molecule has 5 aromatic rings. The van der Waals surface area contributed by atoms with E-state index in [2.05, 4.69) is 15.5 Å². The fourth-order valence-corrected chi connectivity index (χ4v) is 5.23. The van der Waals surface area contributed by atoms with E-state index < -0.39 is 0 Å². The number of hydrogen-bond acceptors (Lipinski definition) is 4. The topological polar surface area (TPSA) is 59.8 Å². The highest BCUT2D eigenvalue weighted by molar-refractivity contribution is 7.98. The van der Waals surface area contributed by atoms with Gasteiger partial charge in [-0.05, 0) is 52.7 Å². The summed E-state index contributed by atoms with van der Waals surface area (Å²) in [5.41, 5.74) is 2.15. The minimum atomic E-state index is -0.288. The molecule has 0 bridgehead atoms. The van der Waals surface area contributed by atoms with Crippen LogP contribution in [0.5, 0.6) is 0 Å². The second-order valence-electron chi connectivity index (χ2n) is 7.95. The Labute approximate surface area is 221 Å². The number of fused-ring (bicyclic) bond motifs is 1. The Bertz CT molecular complexity index is 1550.